The minimum atomic E-state index is -1.81. The maximum absolute atomic E-state index is 15.1. The smallest absolute Gasteiger partial charge is 0.449 e. The third-order valence-corrected chi connectivity index (χ3v) is 5.51. The molecule has 1 unspecified atom stereocenters. The Hall–Kier alpha value is -3.84. The monoisotopic (exact) mass is 527 g/mol. The summed E-state index contributed by atoms with van der Waals surface area (Å²) in [4.78, 5) is 41.5. The second-order valence-corrected chi connectivity index (χ2v) is 8.05. The number of carboxylic acid groups (broad SMARTS) is 1. The molecule has 1 aromatic carbocycles. The number of nitrogens with one attached hydrogen (secondary N) is 1. The van der Waals surface area contributed by atoms with Gasteiger partial charge in [0, 0.05) is 36.3 Å². The maximum atomic E-state index is 15.1. The number of anilines is 1. The quantitative estimate of drug-likeness (QED) is 0.430. The first-order valence-electron chi connectivity index (χ1n) is 10.5. The van der Waals surface area contributed by atoms with Gasteiger partial charge in [-0.3, -0.25) is 14.0 Å². The lowest BCUT2D eigenvalue weighted by atomic mass is 10.1. The molecule has 10 nitrogen and oxygen atoms in total. The summed E-state index contributed by atoms with van der Waals surface area (Å²) < 4.78 is 48.4. The second kappa shape index (κ2) is 10.4. The number of halogens is 4. The van der Waals surface area contributed by atoms with E-state index in [0.29, 0.717) is 23.4 Å². The summed E-state index contributed by atoms with van der Waals surface area (Å²) in [5.41, 5.74) is 3.97. The number of hydrogen-bond acceptors (Lipinski definition) is 7. The number of nitrogens with two attached hydrogens (primary N) is 1. The molecule has 1 aliphatic heterocycles. The Morgan fingerprint density at radius 3 is 2.58 bits per heavy atom. The van der Waals surface area contributed by atoms with Gasteiger partial charge in [-0.1, -0.05) is 0 Å². The standard InChI is InChI=1S/C22H20F3N5O5.ClH/c1-10(26)20(31)27-12-4-5-29(8-12)19-16(25)9-30-18(28-19)14(7-17(21(30)32)35-22(33)34)13-3-2-11(23)6-15(13)24;/h2-3,6-7,9-10,12H,4-5,8,26H2,1H3,(H,27,31)(H,33,34);1H/t10-,12?;/m0./s1. The lowest BCUT2D eigenvalue weighted by Crippen LogP contribution is -2.45. The SMILES string of the molecule is C[C@H](N)C(=O)NC1CCN(c2nc3c(-c4ccc(F)cc4F)cc(OC(=O)O)c(=O)n3cc2F)C1.Cl. The molecule has 0 spiro atoms. The van der Waals surface area contributed by atoms with Crippen molar-refractivity contribution in [2.75, 3.05) is 18.0 Å². The van der Waals surface area contributed by atoms with Crippen LogP contribution >= 0.6 is 12.4 Å². The first-order chi connectivity index (χ1) is 16.5. The summed E-state index contributed by atoms with van der Waals surface area (Å²) in [6.45, 7) is 2.04. The van der Waals surface area contributed by atoms with Gasteiger partial charge in [-0.15, -0.1) is 12.4 Å². The van der Waals surface area contributed by atoms with Crippen LogP contribution in [-0.2, 0) is 4.79 Å². The number of pyridine rings is 1. The van der Waals surface area contributed by atoms with E-state index in [1.165, 1.54) is 6.92 Å². The number of aromatic nitrogens is 2. The zero-order valence-corrected chi connectivity index (χ0v) is 19.5. The third-order valence-electron chi connectivity index (χ3n) is 5.51. The predicted molar refractivity (Wildman–Crippen MR) is 125 cm³/mol. The molecule has 36 heavy (non-hydrogen) atoms. The van der Waals surface area contributed by atoms with Crippen molar-refractivity contribution < 1.29 is 32.6 Å². The summed E-state index contributed by atoms with van der Waals surface area (Å²) >= 11 is 0. The van der Waals surface area contributed by atoms with E-state index in [-0.39, 0.29) is 53.5 Å². The predicted octanol–water partition coefficient (Wildman–Crippen LogP) is 2.30. The van der Waals surface area contributed by atoms with Crippen molar-refractivity contribution >= 4 is 35.9 Å². The Balaban J connectivity index is 0.00000361. The maximum Gasteiger partial charge on any atom is 0.511 e. The van der Waals surface area contributed by atoms with Crippen LogP contribution in [0.4, 0.5) is 23.8 Å². The van der Waals surface area contributed by atoms with Gasteiger partial charge in [-0.25, -0.2) is 22.9 Å². The Bertz CT molecular complexity index is 1400. The van der Waals surface area contributed by atoms with Gasteiger partial charge >= 0.3 is 6.16 Å². The van der Waals surface area contributed by atoms with Gasteiger partial charge in [-0.05, 0) is 31.5 Å². The third kappa shape index (κ3) is 5.21. The molecular formula is C22H21ClF3N5O5. The molecule has 3 heterocycles. The van der Waals surface area contributed by atoms with E-state index in [2.05, 4.69) is 15.0 Å². The van der Waals surface area contributed by atoms with Crippen molar-refractivity contribution in [2.45, 2.75) is 25.4 Å². The largest absolute Gasteiger partial charge is 0.511 e. The number of amides is 1. The topological polar surface area (TPSA) is 139 Å². The van der Waals surface area contributed by atoms with Crippen LogP contribution in [0, 0.1) is 17.5 Å². The van der Waals surface area contributed by atoms with Crippen molar-refractivity contribution in [3.05, 3.63) is 58.3 Å². The first kappa shape index (κ1) is 26.8. The lowest BCUT2D eigenvalue weighted by molar-refractivity contribution is -0.122. The zero-order chi connectivity index (χ0) is 25.4. The van der Waals surface area contributed by atoms with Gasteiger partial charge in [0.05, 0.1) is 12.2 Å². The number of ether oxygens (including phenoxy) is 1. The Morgan fingerprint density at radius 1 is 1.22 bits per heavy atom. The van der Waals surface area contributed by atoms with E-state index in [1.54, 1.807) is 4.90 Å². The highest BCUT2D eigenvalue weighted by Gasteiger charge is 2.29. The fourth-order valence-electron chi connectivity index (χ4n) is 3.86. The lowest BCUT2D eigenvalue weighted by Gasteiger charge is -2.20. The van der Waals surface area contributed by atoms with E-state index in [1.807, 2.05) is 0 Å². The van der Waals surface area contributed by atoms with Crippen molar-refractivity contribution in [1.82, 2.24) is 14.7 Å². The molecule has 0 aliphatic carbocycles. The average molecular weight is 528 g/mol. The molecule has 4 rings (SSSR count). The highest BCUT2D eigenvalue weighted by Crippen LogP contribution is 2.31. The number of nitrogens with zero attached hydrogens (tertiary/aromatic N) is 3. The fraction of sp³-hybridized carbons (Fsp3) is 0.273. The Morgan fingerprint density at radius 2 is 1.94 bits per heavy atom. The molecule has 2 atom stereocenters. The summed E-state index contributed by atoms with van der Waals surface area (Å²) in [5, 5.41) is 11.7. The van der Waals surface area contributed by atoms with Crippen LogP contribution in [-0.4, -0.2) is 51.7 Å². The molecule has 2 aromatic heterocycles. The van der Waals surface area contributed by atoms with E-state index >= 15 is 4.39 Å². The molecule has 14 heteroatoms. The molecule has 1 saturated heterocycles. The molecular weight excluding hydrogens is 507 g/mol. The number of carbonyl (C=O) groups is 2. The highest BCUT2D eigenvalue weighted by molar-refractivity contribution is 5.85. The molecule has 1 fully saturated rings. The minimum Gasteiger partial charge on any atom is -0.449 e. The van der Waals surface area contributed by atoms with Crippen LogP contribution in [0.5, 0.6) is 5.75 Å². The minimum absolute atomic E-state index is 0. The zero-order valence-electron chi connectivity index (χ0n) is 18.7. The molecule has 0 saturated carbocycles. The van der Waals surface area contributed by atoms with Gasteiger partial charge < -0.3 is 25.8 Å². The number of rotatable bonds is 5. The van der Waals surface area contributed by atoms with Crippen molar-refractivity contribution in [3.8, 4) is 16.9 Å². The van der Waals surface area contributed by atoms with Crippen molar-refractivity contribution in [2.24, 2.45) is 5.73 Å². The van der Waals surface area contributed by atoms with E-state index < -0.39 is 41.0 Å². The van der Waals surface area contributed by atoms with Crippen molar-refractivity contribution in [1.29, 1.82) is 0 Å². The first-order valence-corrected chi connectivity index (χ1v) is 10.5. The molecule has 192 valence electrons. The van der Waals surface area contributed by atoms with Crippen LogP contribution in [0.1, 0.15) is 13.3 Å². The number of fused-ring (bicyclic) bond motifs is 1. The molecule has 3 aromatic rings. The summed E-state index contributed by atoms with van der Waals surface area (Å²) in [6, 6.07) is 2.55. The van der Waals surface area contributed by atoms with E-state index in [9.17, 15) is 23.2 Å². The van der Waals surface area contributed by atoms with Gasteiger partial charge in [0.2, 0.25) is 11.7 Å². The van der Waals surface area contributed by atoms with Crippen LogP contribution in [0.2, 0.25) is 0 Å². The van der Waals surface area contributed by atoms with Crippen LogP contribution < -0.4 is 26.2 Å². The van der Waals surface area contributed by atoms with Gasteiger partial charge in [0.1, 0.15) is 17.3 Å². The van der Waals surface area contributed by atoms with Crippen molar-refractivity contribution in [3.63, 3.8) is 0 Å². The van der Waals surface area contributed by atoms with Crippen LogP contribution in [0.25, 0.3) is 16.8 Å². The van der Waals surface area contributed by atoms with Gasteiger partial charge in [0.15, 0.2) is 11.6 Å². The number of carbonyl (C=O) groups excluding carboxylic acids is 1. The molecule has 0 radical (unpaired) electrons. The highest BCUT2D eigenvalue weighted by atomic mass is 35.5. The summed E-state index contributed by atoms with van der Waals surface area (Å²) in [6.07, 6.45) is -0.551. The Kier molecular flexibility index (Phi) is 7.74. The van der Waals surface area contributed by atoms with Gasteiger partial charge in [-0.2, -0.15) is 0 Å². The molecule has 4 N–H and O–H groups in total. The van der Waals surface area contributed by atoms with Crippen LogP contribution in [0.3, 0.4) is 0 Å². The average Bonchev–Trinajstić information content (AvgIpc) is 3.23. The fourth-order valence-corrected chi connectivity index (χ4v) is 3.86. The second-order valence-electron chi connectivity index (χ2n) is 8.05. The number of benzene rings is 1. The molecule has 0 bridgehead atoms. The summed E-state index contributed by atoms with van der Waals surface area (Å²) in [5.74, 6) is -4.05. The molecule has 1 amide bonds. The molecule has 1 aliphatic rings. The van der Waals surface area contributed by atoms with Gasteiger partial charge in [0.25, 0.3) is 5.56 Å². The Labute approximate surface area is 207 Å². The number of hydrogen-bond donors (Lipinski definition) is 3. The summed E-state index contributed by atoms with van der Waals surface area (Å²) in [7, 11) is 0. The van der Waals surface area contributed by atoms with E-state index in [0.717, 1.165) is 24.4 Å². The van der Waals surface area contributed by atoms with Crippen LogP contribution in [0.15, 0.2) is 35.3 Å². The normalized spacial score (nSPS) is 15.9. The van der Waals surface area contributed by atoms with E-state index in [4.69, 9.17) is 10.8 Å².